The van der Waals surface area contributed by atoms with Crippen LogP contribution in [0.5, 0.6) is 0 Å². The fourth-order valence-electron chi connectivity index (χ4n) is 1.39. The van der Waals surface area contributed by atoms with Crippen LogP contribution >= 0.6 is 11.5 Å². The summed E-state index contributed by atoms with van der Waals surface area (Å²) in [6, 6.07) is 0. The summed E-state index contributed by atoms with van der Waals surface area (Å²) in [4.78, 5) is 8.60. The van der Waals surface area contributed by atoms with E-state index in [0.29, 0.717) is 0 Å². The number of hydrogen-bond acceptors (Lipinski definition) is 5. The van der Waals surface area contributed by atoms with Gasteiger partial charge < -0.3 is 9.88 Å². The van der Waals surface area contributed by atoms with Gasteiger partial charge in [-0.1, -0.05) is 6.92 Å². The quantitative estimate of drug-likeness (QED) is 0.856. The van der Waals surface area contributed by atoms with Gasteiger partial charge in [-0.25, -0.2) is 9.97 Å². The van der Waals surface area contributed by atoms with E-state index in [4.69, 9.17) is 0 Å². The molecule has 0 amide bonds. The number of imidazole rings is 1. The second-order valence-electron chi connectivity index (χ2n) is 3.50. The highest BCUT2D eigenvalue weighted by atomic mass is 32.1. The van der Waals surface area contributed by atoms with Crippen molar-refractivity contribution in [3.8, 4) is 0 Å². The molecule has 0 fully saturated rings. The number of hydrogen-bond donors (Lipinski definition) is 1. The van der Waals surface area contributed by atoms with Crippen LogP contribution in [0.1, 0.15) is 18.6 Å². The van der Waals surface area contributed by atoms with Gasteiger partial charge in [0.1, 0.15) is 11.6 Å². The summed E-state index contributed by atoms with van der Waals surface area (Å²) in [5.41, 5.74) is 0. The van der Waals surface area contributed by atoms with E-state index in [9.17, 15) is 0 Å². The van der Waals surface area contributed by atoms with E-state index in [2.05, 4.69) is 26.6 Å². The Bertz CT molecular complexity index is 448. The van der Waals surface area contributed by atoms with E-state index in [0.717, 1.165) is 36.2 Å². The highest BCUT2D eigenvalue weighted by Crippen LogP contribution is 2.10. The molecular weight excluding hydrogens is 222 g/mol. The minimum atomic E-state index is 0.837. The molecule has 1 N–H and O–H groups in total. The molecule has 16 heavy (non-hydrogen) atoms. The zero-order valence-electron chi connectivity index (χ0n) is 9.47. The molecule has 6 heteroatoms. The molecule has 0 saturated heterocycles. The highest BCUT2D eigenvalue weighted by Gasteiger charge is 2.02. The molecule has 2 aromatic heterocycles. The Kier molecular flexibility index (Phi) is 3.51. The van der Waals surface area contributed by atoms with Crippen molar-refractivity contribution in [2.75, 3.05) is 11.9 Å². The third kappa shape index (κ3) is 2.57. The van der Waals surface area contributed by atoms with Gasteiger partial charge in [0, 0.05) is 50.4 Å². The molecule has 0 aromatic carbocycles. The Morgan fingerprint density at radius 3 is 3.00 bits per heavy atom. The van der Waals surface area contributed by atoms with Crippen molar-refractivity contribution < 1.29 is 0 Å². The van der Waals surface area contributed by atoms with Gasteiger partial charge in [-0.3, -0.25) is 0 Å². The fourth-order valence-corrected chi connectivity index (χ4v) is 2.06. The van der Waals surface area contributed by atoms with Crippen molar-refractivity contribution in [1.82, 2.24) is 18.9 Å². The Hall–Kier alpha value is -1.43. The van der Waals surface area contributed by atoms with E-state index in [1.54, 1.807) is 0 Å². The normalized spacial score (nSPS) is 10.6. The van der Waals surface area contributed by atoms with Crippen molar-refractivity contribution >= 4 is 16.7 Å². The molecule has 0 bridgehead atoms. The number of rotatable bonds is 5. The van der Waals surface area contributed by atoms with E-state index < -0.39 is 0 Å². The summed E-state index contributed by atoms with van der Waals surface area (Å²) in [5, 5.41) is 4.15. The molecule has 0 aliphatic rings. The molecular formula is C10H15N5S. The minimum absolute atomic E-state index is 0.837. The van der Waals surface area contributed by atoms with Gasteiger partial charge in [-0.05, 0) is 0 Å². The number of anilines is 1. The topological polar surface area (TPSA) is 55.6 Å². The smallest absolute Gasteiger partial charge is 0.202 e. The van der Waals surface area contributed by atoms with E-state index >= 15 is 0 Å². The summed E-state index contributed by atoms with van der Waals surface area (Å²) in [5.74, 6) is 1.98. The van der Waals surface area contributed by atoms with Gasteiger partial charge in [-0.2, -0.15) is 4.37 Å². The summed E-state index contributed by atoms with van der Waals surface area (Å²) < 4.78 is 6.24. The predicted octanol–water partition coefficient (Wildman–Crippen LogP) is 1.49. The van der Waals surface area contributed by atoms with Gasteiger partial charge in [0.05, 0.1) is 0 Å². The maximum atomic E-state index is 4.34. The van der Waals surface area contributed by atoms with Gasteiger partial charge in [0.25, 0.3) is 0 Å². The maximum Gasteiger partial charge on any atom is 0.202 e. The predicted molar refractivity (Wildman–Crippen MR) is 64.7 cm³/mol. The molecule has 2 heterocycles. The molecule has 2 rings (SSSR count). The van der Waals surface area contributed by atoms with Crippen molar-refractivity contribution in [1.29, 1.82) is 0 Å². The van der Waals surface area contributed by atoms with E-state index in [1.807, 2.05) is 24.0 Å². The number of aromatic nitrogens is 4. The van der Waals surface area contributed by atoms with Gasteiger partial charge in [0.2, 0.25) is 5.13 Å². The molecule has 0 unspecified atom stereocenters. The van der Waals surface area contributed by atoms with Crippen LogP contribution in [0.3, 0.4) is 0 Å². The first-order valence-corrected chi connectivity index (χ1v) is 6.09. The minimum Gasteiger partial charge on any atom is -0.360 e. The average Bonchev–Trinajstić information content (AvgIpc) is 2.89. The molecule has 86 valence electrons. The Labute approximate surface area is 98.7 Å². The molecule has 0 aliphatic heterocycles. The Balaban J connectivity index is 1.82. The standard InChI is InChI=1S/C10H15N5S/c1-3-8-13-10(16-14-8)12-5-4-9-11-6-7-15(9)2/h6-7H,3-5H2,1-2H3,(H,12,13,14). The van der Waals surface area contributed by atoms with Crippen LogP contribution in [0.4, 0.5) is 5.13 Å². The van der Waals surface area contributed by atoms with Crippen molar-refractivity contribution in [3.05, 3.63) is 24.0 Å². The SMILES string of the molecule is CCc1nsc(NCCc2nccn2C)n1. The van der Waals surface area contributed by atoms with Crippen LogP contribution in [0, 0.1) is 0 Å². The van der Waals surface area contributed by atoms with Gasteiger partial charge in [0.15, 0.2) is 0 Å². The van der Waals surface area contributed by atoms with Crippen molar-refractivity contribution in [3.63, 3.8) is 0 Å². The largest absolute Gasteiger partial charge is 0.360 e. The Morgan fingerprint density at radius 1 is 1.50 bits per heavy atom. The zero-order valence-corrected chi connectivity index (χ0v) is 10.3. The third-order valence-electron chi connectivity index (χ3n) is 2.33. The fraction of sp³-hybridized carbons (Fsp3) is 0.500. The third-order valence-corrected chi connectivity index (χ3v) is 3.04. The van der Waals surface area contributed by atoms with Crippen LogP contribution in [0.2, 0.25) is 0 Å². The number of nitrogens with zero attached hydrogens (tertiary/aromatic N) is 4. The molecule has 0 aliphatic carbocycles. The first-order valence-electron chi connectivity index (χ1n) is 5.32. The highest BCUT2D eigenvalue weighted by molar-refractivity contribution is 7.09. The lowest BCUT2D eigenvalue weighted by atomic mass is 10.4. The molecule has 5 nitrogen and oxygen atoms in total. The first-order chi connectivity index (χ1) is 7.79. The van der Waals surface area contributed by atoms with Crippen LogP contribution in [0.15, 0.2) is 12.4 Å². The second kappa shape index (κ2) is 5.07. The number of nitrogens with one attached hydrogen (secondary N) is 1. The van der Waals surface area contributed by atoms with Gasteiger partial charge >= 0.3 is 0 Å². The van der Waals surface area contributed by atoms with E-state index in [1.165, 1.54) is 11.5 Å². The monoisotopic (exact) mass is 237 g/mol. The summed E-state index contributed by atoms with van der Waals surface area (Å²) >= 11 is 1.42. The zero-order chi connectivity index (χ0) is 11.4. The lowest BCUT2D eigenvalue weighted by Gasteiger charge is -2.02. The van der Waals surface area contributed by atoms with E-state index in [-0.39, 0.29) is 0 Å². The average molecular weight is 237 g/mol. The summed E-state index contributed by atoms with van der Waals surface area (Å²) in [6.45, 7) is 2.89. The molecule has 0 spiro atoms. The van der Waals surface area contributed by atoms with Crippen molar-refractivity contribution in [2.24, 2.45) is 7.05 Å². The van der Waals surface area contributed by atoms with Gasteiger partial charge in [-0.15, -0.1) is 0 Å². The van der Waals surface area contributed by atoms with Crippen LogP contribution in [-0.4, -0.2) is 25.5 Å². The lowest BCUT2D eigenvalue weighted by Crippen LogP contribution is -2.08. The summed E-state index contributed by atoms with van der Waals surface area (Å²) in [7, 11) is 2.00. The van der Waals surface area contributed by atoms with Crippen LogP contribution in [0.25, 0.3) is 0 Å². The number of aryl methyl sites for hydroxylation is 2. The maximum absolute atomic E-state index is 4.34. The molecule has 2 aromatic rings. The van der Waals surface area contributed by atoms with Crippen LogP contribution in [-0.2, 0) is 19.9 Å². The molecule has 0 saturated carbocycles. The van der Waals surface area contributed by atoms with Crippen molar-refractivity contribution in [2.45, 2.75) is 19.8 Å². The molecule has 0 atom stereocenters. The first kappa shape index (κ1) is 11.1. The Morgan fingerprint density at radius 2 is 2.38 bits per heavy atom. The van der Waals surface area contributed by atoms with Crippen LogP contribution < -0.4 is 5.32 Å². The second-order valence-corrected chi connectivity index (χ2v) is 4.25. The lowest BCUT2D eigenvalue weighted by molar-refractivity contribution is 0.789. The summed E-state index contributed by atoms with van der Waals surface area (Å²) in [6.07, 6.45) is 5.55. The molecule has 0 radical (unpaired) electrons.